The number of hydrogen-bond donors (Lipinski definition) is 1. The van der Waals surface area contributed by atoms with Crippen molar-refractivity contribution >= 4 is 5.82 Å². The maximum atomic E-state index is 5.34. The summed E-state index contributed by atoms with van der Waals surface area (Å²) in [5, 5.41) is 3.39. The summed E-state index contributed by atoms with van der Waals surface area (Å²) in [6.45, 7) is 6.96. The minimum absolute atomic E-state index is 0.495. The van der Waals surface area contributed by atoms with E-state index in [1.807, 2.05) is 25.1 Å². The van der Waals surface area contributed by atoms with Crippen LogP contribution in [0.2, 0.25) is 0 Å². The lowest BCUT2D eigenvalue weighted by Crippen LogP contribution is -2.17. The lowest BCUT2D eigenvalue weighted by molar-refractivity contribution is 0.327. The van der Waals surface area contributed by atoms with E-state index < -0.39 is 0 Å². The zero-order valence-corrected chi connectivity index (χ0v) is 9.79. The number of nitrogens with one attached hydrogen (secondary N) is 1. The molecule has 0 spiro atoms. The molecule has 1 aromatic heterocycles. The third-order valence-corrected chi connectivity index (χ3v) is 2.35. The molecule has 1 aromatic rings. The van der Waals surface area contributed by atoms with Crippen molar-refractivity contribution in [3.05, 3.63) is 18.2 Å². The molecule has 3 nitrogen and oxygen atoms in total. The number of rotatable bonds is 6. The third kappa shape index (κ3) is 3.78. The molecule has 0 bridgehead atoms. The van der Waals surface area contributed by atoms with Crippen LogP contribution in [-0.2, 0) is 0 Å². The van der Waals surface area contributed by atoms with Gasteiger partial charge in [-0.1, -0.05) is 19.9 Å². The Kier molecular flexibility index (Phi) is 4.95. The monoisotopic (exact) mass is 208 g/mol. The van der Waals surface area contributed by atoms with Crippen LogP contribution < -0.4 is 10.1 Å². The molecule has 1 rings (SSSR count). The van der Waals surface area contributed by atoms with Crippen molar-refractivity contribution in [3.63, 3.8) is 0 Å². The Morgan fingerprint density at radius 2 is 2.00 bits per heavy atom. The smallest absolute Gasteiger partial charge is 0.215 e. The number of anilines is 1. The van der Waals surface area contributed by atoms with Crippen LogP contribution in [0.5, 0.6) is 5.88 Å². The molecule has 0 atom stereocenters. The molecule has 0 aromatic carbocycles. The van der Waals surface area contributed by atoms with Crippen LogP contribution in [0.4, 0.5) is 5.82 Å². The standard InChI is InChI=1S/C12H20N2O/c1-4-10(5-2)13-11-8-7-9-12(14-11)15-6-3/h7-10H,4-6H2,1-3H3,(H,13,14). The summed E-state index contributed by atoms with van der Waals surface area (Å²) in [5.74, 6) is 1.59. The van der Waals surface area contributed by atoms with Gasteiger partial charge in [-0.25, -0.2) is 0 Å². The number of hydrogen-bond acceptors (Lipinski definition) is 3. The quantitative estimate of drug-likeness (QED) is 0.780. The minimum Gasteiger partial charge on any atom is -0.478 e. The predicted octanol–water partition coefficient (Wildman–Crippen LogP) is 3.08. The largest absolute Gasteiger partial charge is 0.478 e. The van der Waals surface area contributed by atoms with Crippen LogP contribution in [0.1, 0.15) is 33.6 Å². The average Bonchev–Trinajstić information content (AvgIpc) is 2.27. The van der Waals surface area contributed by atoms with Crippen molar-refractivity contribution in [2.75, 3.05) is 11.9 Å². The van der Waals surface area contributed by atoms with E-state index >= 15 is 0 Å². The fourth-order valence-corrected chi connectivity index (χ4v) is 1.43. The topological polar surface area (TPSA) is 34.1 Å². The summed E-state index contributed by atoms with van der Waals surface area (Å²) >= 11 is 0. The average molecular weight is 208 g/mol. The van der Waals surface area contributed by atoms with Gasteiger partial charge < -0.3 is 10.1 Å². The van der Waals surface area contributed by atoms with Crippen molar-refractivity contribution in [1.82, 2.24) is 4.98 Å². The number of ether oxygens (including phenoxy) is 1. The number of nitrogens with zero attached hydrogens (tertiary/aromatic N) is 1. The van der Waals surface area contributed by atoms with Gasteiger partial charge in [-0.15, -0.1) is 0 Å². The van der Waals surface area contributed by atoms with Crippen LogP contribution in [0.15, 0.2) is 18.2 Å². The fraction of sp³-hybridized carbons (Fsp3) is 0.583. The summed E-state index contributed by atoms with van der Waals surface area (Å²) in [7, 11) is 0. The second-order valence-corrected chi connectivity index (χ2v) is 3.45. The van der Waals surface area contributed by atoms with E-state index in [-0.39, 0.29) is 0 Å². The van der Waals surface area contributed by atoms with Crippen molar-refractivity contribution in [1.29, 1.82) is 0 Å². The van der Waals surface area contributed by atoms with Gasteiger partial charge in [0, 0.05) is 12.1 Å². The van der Waals surface area contributed by atoms with Crippen molar-refractivity contribution < 1.29 is 4.74 Å². The first kappa shape index (κ1) is 11.8. The lowest BCUT2D eigenvalue weighted by atomic mass is 10.2. The zero-order valence-electron chi connectivity index (χ0n) is 9.79. The van der Waals surface area contributed by atoms with Gasteiger partial charge in [0.25, 0.3) is 0 Å². The van der Waals surface area contributed by atoms with Crippen LogP contribution in [0, 0.1) is 0 Å². The highest BCUT2D eigenvalue weighted by Gasteiger charge is 2.04. The predicted molar refractivity (Wildman–Crippen MR) is 63.4 cm³/mol. The molecular formula is C12H20N2O. The number of aromatic nitrogens is 1. The van der Waals surface area contributed by atoms with Gasteiger partial charge in [0.05, 0.1) is 6.61 Å². The highest BCUT2D eigenvalue weighted by molar-refractivity contribution is 5.37. The lowest BCUT2D eigenvalue weighted by Gasteiger charge is -2.15. The molecule has 0 saturated heterocycles. The van der Waals surface area contributed by atoms with E-state index in [9.17, 15) is 0 Å². The second kappa shape index (κ2) is 6.27. The molecule has 3 heteroatoms. The minimum atomic E-state index is 0.495. The van der Waals surface area contributed by atoms with Gasteiger partial charge in [0.1, 0.15) is 5.82 Å². The Morgan fingerprint density at radius 1 is 1.27 bits per heavy atom. The van der Waals surface area contributed by atoms with Crippen molar-refractivity contribution in [2.24, 2.45) is 0 Å². The van der Waals surface area contributed by atoms with Gasteiger partial charge in [0.2, 0.25) is 5.88 Å². The maximum absolute atomic E-state index is 5.34. The molecule has 0 aliphatic rings. The van der Waals surface area contributed by atoms with Gasteiger partial charge in [0.15, 0.2) is 0 Å². The van der Waals surface area contributed by atoms with Gasteiger partial charge in [-0.2, -0.15) is 4.98 Å². The molecule has 1 heterocycles. The van der Waals surface area contributed by atoms with Crippen LogP contribution in [0.25, 0.3) is 0 Å². The third-order valence-electron chi connectivity index (χ3n) is 2.35. The van der Waals surface area contributed by atoms with Gasteiger partial charge >= 0.3 is 0 Å². The molecule has 0 amide bonds. The Balaban J connectivity index is 2.64. The van der Waals surface area contributed by atoms with Gasteiger partial charge in [-0.05, 0) is 25.8 Å². The van der Waals surface area contributed by atoms with Crippen LogP contribution in [-0.4, -0.2) is 17.6 Å². The summed E-state index contributed by atoms with van der Waals surface area (Å²) in [6, 6.07) is 6.31. The highest BCUT2D eigenvalue weighted by atomic mass is 16.5. The molecule has 0 aliphatic heterocycles. The SMILES string of the molecule is CCOc1cccc(NC(CC)CC)n1. The highest BCUT2D eigenvalue weighted by Crippen LogP contribution is 2.13. The van der Waals surface area contributed by atoms with Gasteiger partial charge in [-0.3, -0.25) is 0 Å². The van der Waals surface area contributed by atoms with E-state index in [0.717, 1.165) is 18.7 Å². The first-order valence-electron chi connectivity index (χ1n) is 5.66. The molecule has 0 fully saturated rings. The molecule has 0 radical (unpaired) electrons. The normalized spacial score (nSPS) is 10.4. The molecular weight excluding hydrogens is 188 g/mol. The fourth-order valence-electron chi connectivity index (χ4n) is 1.43. The van der Waals surface area contributed by atoms with Crippen molar-refractivity contribution in [3.8, 4) is 5.88 Å². The summed E-state index contributed by atoms with van der Waals surface area (Å²) in [4.78, 5) is 4.36. The Hall–Kier alpha value is -1.25. The Bertz CT molecular complexity index is 285. The van der Waals surface area contributed by atoms with Crippen molar-refractivity contribution in [2.45, 2.75) is 39.7 Å². The number of pyridine rings is 1. The molecule has 84 valence electrons. The molecule has 15 heavy (non-hydrogen) atoms. The first-order chi connectivity index (χ1) is 7.30. The first-order valence-corrected chi connectivity index (χ1v) is 5.66. The summed E-state index contributed by atoms with van der Waals surface area (Å²) in [6.07, 6.45) is 2.22. The van der Waals surface area contributed by atoms with E-state index in [1.165, 1.54) is 0 Å². The molecule has 0 aliphatic carbocycles. The van der Waals surface area contributed by atoms with E-state index in [0.29, 0.717) is 18.5 Å². The van der Waals surface area contributed by atoms with E-state index in [4.69, 9.17) is 4.74 Å². The zero-order chi connectivity index (χ0) is 11.1. The maximum Gasteiger partial charge on any atom is 0.215 e. The summed E-state index contributed by atoms with van der Waals surface area (Å²) < 4.78 is 5.34. The Labute approximate surface area is 91.9 Å². The van der Waals surface area contributed by atoms with Crippen LogP contribution >= 0.6 is 0 Å². The second-order valence-electron chi connectivity index (χ2n) is 3.45. The van der Waals surface area contributed by atoms with E-state index in [1.54, 1.807) is 0 Å². The van der Waals surface area contributed by atoms with E-state index in [2.05, 4.69) is 24.1 Å². The Morgan fingerprint density at radius 3 is 2.60 bits per heavy atom. The molecule has 0 saturated carbocycles. The summed E-state index contributed by atoms with van der Waals surface area (Å²) in [5.41, 5.74) is 0. The molecule has 1 N–H and O–H groups in total. The van der Waals surface area contributed by atoms with Crippen LogP contribution in [0.3, 0.4) is 0 Å². The molecule has 0 unspecified atom stereocenters.